The molecule has 104 valence electrons. The van der Waals surface area contributed by atoms with Crippen LogP contribution in [0.5, 0.6) is 0 Å². The molecule has 0 bridgehead atoms. The van der Waals surface area contributed by atoms with E-state index < -0.39 is 8.32 Å². The first-order valence-corrected chi connectivity index (χ1v) is 10.3. The minimum atomic E-state index is -1.58. The molecule has 0 saturated heterocycles. The van der Waals surface area contributed by atoms with Gasteiger partial charge in [0.05, 0.1) is 6.61 Å². The number of hydrogen-bond acceptors (Lipinski definition) is 1. The SMILES string of the molecule is CC(C)(C)[Si](C)(C)OCC=C=C1CCCCCC1. The Balaban J connectivity index is 2.47. The van der Waals surface area contributed by atoms with Crippen LogP contribution in [0.2, 0.25) is 18.1 Å². The van der Waals surface area contributed by atoms with Crippen molar-refractivity contribution >= 4 is 8.32 Å². The largest absolute Gasteiger partial charge is 0.413 e. The highest BCUT2D eigenvalue weighted by molar-refractivity contribution is 6.74. The van der Waals surface area contributed by atoms with Crippen molar-refractivity contribution in [2.45, 2.75) is 77.4 Å². The normalized spacial score (nSPS) is 18.2. The van der Waals surface area contributed by atoms with Gasteiger partial charge in [-0.05, 0) is 55.5 Å². The Morgan fingerprint density at radius 3 is 2.17 bits per heavy atom. The van der Waals surface area contributed by atoms with Gasteiger partial charge in [-0.1, -0.05) is 33.6 Å². The Bertz CT molecular complexity index is 306. The molecule has 0 N–H and O–H groups in total. The van der Waals surface area contributed by atoms with E-state index in [-0.39, 0.29) is 0 Å². The lowest BCUT2D eigenvalue weighted by Crippen LogP contribution is -2.40. The predicted octanol–water partition coefficient (Wildman–Crippen LogP) is 5.44. The van der Waals surface area contributed by atoms with E-state index in [1.807, 2.05) is 0 Å². The lowest BCUT2D eigenvalue weighted by Gasteiger charge is -2.35. The molecular weight excluding hydrogens is 236 g/mol. The zero-order chi connectivity index (χ0) is 13.6. The summed E-state index contributed by atoms with van der Waals surface area (Å²) in [6.45, 7) is 12.2. The second kappa shape index (κ2) is 6.74. The summed E-state index contributed by atoms with van der Waals surface area (Å²) < 4.78 is 6.12. The van der Waals surface area contributed by atoms with Gasteiger partial charge in [0, 0.05) is 0 Å². The Hall–Kier alpha value is -0.303. The van der Waals surface area contributed by atoms with E-state index in [0.29, 0.717) is 5.04 Å². The van der Waals surface area contributed by atoms with Crippen LogP contribution in [-0.2, 0) is 4.43 Å². The molecule has 0 aromatic carbocycles. The number of rotatable bonds is 3. The van der Waals surface area contributed by atoms with Gasteiger partial charge in [-0.3, -0.25) is 0 Å². The highest BCUT2D eigenvalue weighted by Gasteiger charge is 2.36. The topological polar surface area (TPSA) is 9.23 Å². The van der Waals surface area contributed by atoms with Gasteiger partial charge < -0.3 is 4.43 Å². The molecule has 18 heavy (non-hydrogen) atoms. The third kappa shape index (κ3) is 5.13. The maximum absolute atomic E-state index is 6.12. The van der Waals surface area contributed by atoms with Gasteiger partial charge >= 0.3 is 0 Å². The second-order valence-corrected chi connectivity index (χ2v) is 11.7. The van der Waals surface area contributed by atoms with E-state index in [2.05, 4.69) is 45.7 Å². The van der Waals surface area contributed by atoms with Crippen LogP contribution in [0.4, 0.5) is 0 Å². The third-order valence-corrected chi connectivity index (χ3v) is 8.85. The molecule has 1 aliphatic carbocycles. The van der Waals surface area contributed by atoms with Crippen LogP contribution in [-0.4, -0.2) is 14.9 Å². The third-order valence-electron chi connectivity index (χ3n) is 4.35. The zero-order valence-electron chi connectivity index (χ0n) is 12.9. The van der Waals surface area contributed by atoms with Crippen LogP contribution in [0.15, 0.2) is 17.4 Å². The van der Waals surface area contributed by atoms with E-state index in [1.54, 1.807) is 0 Å². The summed E-state index contributed by atoms with van der Waals surface area (Å²) in [5, 5.41) is 0.302. The number of hydrogen-bond donors (Lipinski definition) is 0. The molecule has 1 rings (SSSR count). The fraction of sp³-hybridized carbons (Fsp3) is 0.812. The summed E-state index contributed by atoms with van der Waals surface area (Å²) in [5.74, 6) is 0. The second-order valence-electron chi connectivity index (χ2n) is 6.94. The summed E-state index contributed by atoms with van der Waals surface area (Å²) in [4.78, 5) is 0. The predicted molar refractivity (Wildman–Crippen MR) is 82.4 cm³/mol. The maximum atomic E-state index is 6.12. The zero-order valence-corrected chi connectivity index (χ0v) is 13.9. The average molecular weight is 267 g/mol. The van der Waals surface area contributed by atoms with E-state index in [9.17, 15) is 0 Å². The fourth-order valence-electron chi connectivity index (χ4n) is 1.95. The lowest BCUT2D eigenvalue weighted by molar-refractivity contribution is 0.328. The Morgan fingerprint density at radius 1 is 1.11 bits per heavy atom. The average Bonchev–Trinajstić information content (AvgIpc) is 2.51. The standard InChI is InChI=1S/C16H30OSi/c1-16(2,3)18(4,5)17-14-10-13-15-11-8-6-7-9-12-15/h10H,6-9,11-12,14H2,1-5H3. The lowest BCUT2D eigenvalue weighted by atomic mass is 10.1. The van der Waals surface area contributed by atoms with Crippen molar-refractivity contribution in [3.8, 4) is 0 Å². The van der Waals surface area contributed by atoms with Crippen LogP contribution < -0.4 is 0 Å². The van der Waals surface area contributed by atoms with Crippen molar-refractivity contribution in [3.05, 3.63) is 17.4 Å². The van der Waals surface area contributed by atoms with Crippen molar-refractivity contribution < 1.29 is 4.43 Å². The molecule has 1 fully saturated rings. The van der Waals surface area contributed by atoms with Gasteiger partial charge in [-0.25, -0.2) is 0 Å². The Kier molecular flexibility index (Phi) is 5.90. The van der Waals surface area contributed by atoms with Crippen molar-refractivity contribution in [1.29, 1.82) is 0 Å². The summed E-state index contributed by atoms with van der Waals surface area (Å²) >= 11 is 0. The van der Waals surface area contributed by atoms with Gasteiger partial charge in [0.25, 0.3) is 0 Å². The molecule has 0 atom stereocenters. The fourth-order valence-corrected chi connectivity index (χ4v) is 2.89. The van der Waals surface area contributed by atoms with Gasteiger partial charge in [-0.2, -0.15) is 0 Å². The first-order valence-electron chi connectivity index (χ1n) is 7.40. The molecule has 1 nitrogen and oxygen atoms in total. The molecule has 0 unspecified atom stereocenters. The van der Waals surface area contributed by atoms with Crippen molar-refractivity contribution in [3.63, 3.8) is 0 Å². The summed E-state index contributed by atoms with van der Waals surface area (Å²) in [7, 11) is -1.58. The molecule has 0 radical (unpaired) electrons. The monoisotopic (exact) mass is 266 g/mol. The van der Waals surface area contributed by atoms with Crippen LogP contribution in [0.3, 0.4) is 0 Å². The molecule has 0 aliphatic heterocycles. The van der Waals surface area contributed by atoms with Crippen LogP contribution in [0.25, 0.3) is 0 Å². The molecule has 0 spiro atoms. The molecule has 0 aromatic rings. The first-order chi connectivity index (χ1) is 8.33. The van der Waals surface area contributed by atoms with Crippen LogP contribution in [0, 0.1) is 0 Å². The smallest absolute Gasteiger partial charge is 0.192 e. The van der Waals surface area contributed by atoms with E-state index >= 15 is 0 Å². The summed E-state index contributed by atoms with van der Waals surface area (Å²) in [6, 6.07) is 0. The van der Waals surface area contributed by atoms with Gasteiger partial charge in [0.2, 0.25) is 0 Å². The summed E-state index contributed by atoms with van der Waals surface area (Å²) in [6.07, 6.45) is 10.1. The molecule has 0 aromatic heterocycles. The molecule has 2 heteroatoms. The molecule has 1 saturated carbocycles. The summed E-state index contributed by atoms with van der Waals surface area (Å²) in [5.41, 5.74) is 4.98. The van der Waals surface area contributed by atoms with E-state index in [4.69, 9.17) is 4.43 Å². The molecule has 0 amide bonds. The molecule has 0 heterocycles. The Labute approximate surface area is 114 Å². The van der Waals surface area contributed by atoms with Crippen molar-refractivity contribution in [2.75, 3.05) is 6.61 Å². The van der Waals surface area contributed by atoms with Gasteiger partial charge in [0.15, 0.2) is 8.32 Å². The highest BCUT2D eigenvalue weighted by Crippen LogP contribution is 2.36. The molecular formula is C16H30OSi. The minimum Gasteiger partial charge on any atom is -0.413 e. The maximum Gasteiger partial charge on any atom is 0.192 e. The Morgan fingerprint density at radius 2 is 1.67 bits per heavy atom. The minimum absolute atomic E-state index is 0.302. The quantitative estimate of drug-likeness (QED) is 0.375. The molecule has 1 aliphatic rings. The highest BCUT2D eigenvalue weighted by atomic mass is 28.4. The van der Waals surface area contributed by atoms with Gasteiger partial charge in [0.1, 0.15) is 0 Å². The van der Waals surface area contributed by atoms with Crippen molar-refractivity contribution in [2.24, 2.45) is 0 Å². The first kappa shape index (κ1) is 15.8. The van der Waals surface area contributed by atoms with Gasteiger partial charge in [-0.15, -0.1) is 5.73 Å². The van der Waals surface area contributed by atoms with Crippen molar-refractivity contribution in [1.82, 2.24) is 0 Å². The van der Waals surface area contributed by atoms with E-state index in [1.165, 1.54) is 44.1 Å². The van der Waals surface area contributed by atoms with E-state index in [0.717, 1.165) is 6.61 Å². The van der Waals surface area contributed by atoms with Crippen LogP contribution >= 0.6 is 0 Å². The van der Waals surface area contributed by atoms with Crippen LogP contribution in [0.1, 0.15) is 59.3 Å².